The molecule has 92 valence electrons. The molecule has 3 nitrogen and oxygen atoms in total. The summed E-state index contributed by atoms with van der Waals surface area (Å²) in [5.74, 6) is 0.516. The quantitative estimate of drug-likeness (QED) is 0.793. The van der Waals surface area contributed by atoms with E-state index in [1.54, 1.807) is 0 Å². The van der Waals surface area contributed by atoms with Gasteiger partial charge in [0, 0.05) is 18.3 Å². The first-order chi connectivity index (χ1) is 8.08. The van der Waals surface area contributed by atoms with Gasteiger partial charge in [-0.1, -0.05) is 25.1 Å². The first-order valence-electron chi connectivity index (χ1n) is 6.24. The van der Waals surface area contributed by atoms with E-state index in [0.29, 0.717) is 5.92 Å². The Bertz CT molecular complexity index is 414. The highest BCUT2D eigenvalue weighted by atomic mass is 16.2. The van der Waals surface area contributed by atoms with Crippen LogP contribution in [0.1, 0.15) is 26.3 Å². The van der Waals surface area contributed by atoms with Crippen molar-refractivity contribution >= 4 is 11.7 Å². The number of fused-ring (bicyclic) bond motifs is 1. The molecule has 0 saturated heterocycles. The molecule has 2 rings (SSSR count). The number of nitrogens with zero attached hydrogens (tertiary/aromatic N) is 1. The number of rotatable bonds is 1. The van der Waals surface area contributed by atoms with Gasteiger partial charge in [0.1, 0.15) is 0 Å². The molecule has 1 aliphatic rings. The number of benzene rings is 1. The maximum atomic E-state index is 12.1. The predicted molar refractivity (Wildman–Crippen MR) is 70.3 cm³/mol. The normalized spacial score (nSPS) is 19.1. The summed E-state index contributed by atoms with van der Waals surface area (Å²) in [6.07, 6.45) is 1.06. The molecule has 2 amide bonds. The van der Waals surface area contributed by atoms with E-state index in [0.717, 1.165) is 18.7 Å². The van der Waals surface area contributed by atoms with Crippen LogP contribution in [0.3, 0.4) is 0 Å². The minimum Gasteiger partial charge on any atom is -0.336 e. The summed E-state index contributed by atoms with van der Waals surface area (Å²) in [5.41, 5.74) is 2.33. The fourth-order valence-electron chi connectivity index (χ4n) is 2.31. The van der Waals surface area contributed by atoms with Gasteiger partial charge in [0.25, 0.3) is 0 Å². The van der Waals surface area contributed by atoms with Crippen LogP contribution in [0.4, 0.5) is 10.5 Å². The zero-order chi connectivity index (χ0) is 12.4. The molecule has 17 heavy (non-hydrogen) atoms. The van der Waals surface area contributed by atoms with Gasteiger partial charge in [0.15, 0.2) is 0 Å². The summed E-state index contributed by atoms with van der Waals surface area (Å²) < 4.78 is 0. The third kappa shape index (κ3) is 2.60. The number of hydrogen-bond acceptors (Lipinski definition) is 1. The van der Waals surface area contributed by atoms with Crippen molar-refractivity contribution in [1.82, 2.24) is 5.32 Å². The molecule has 1 aliphatic heterocycles. The highest BCUT2D eigenvalue weighted by Crippen LogP contribution is 2.29. The van der Waals surface area contributed by atoms with E-state index in [2.05, 4.69) is 18.3 Å². The molecule has 0 spiro atoms. The lowest BCUT2D eigenvalue weighted by atomic mass is 9.94. The second-order valence-corrected chi connectivity index (χ2v) is 5.15. The zero-order valence-electron chi connectivity index (χ0n) is 10.7. The number of urea groups is 1. The van der Waals surface area contributed by atoms with Crippen molar-refractivity contribution in [3.05, 3.63) is 29.8 Å². The average molecular weight is 232 g/mol. The van der Waals surface area contributed by atoms with Crippen LogP contribution in [-0.2, 0) is 6.42 Å². The van der Waals surface area contributed by atoms with Crippen molar-refractivity contribution in [1.29, 1.82) is 0 Å². The van der Waals surface area contributed by atoms with Crippen molar-refractivity contribution in [2.24, 2.45) is 5.92 Å². The van der Waals surface area contributed by atoms with Crippen molar-refractivity contribution < 1.29 is 4.79 Å². The minimum atomic E-state index is 0.0130. The van der Waals surface area contributed by atoms with Crippen LogP contribution in [0.25, 0.3) is 0 Å². The molecule has 1 aromatic carbocycles. The first-order valence-corrected chi connectivity index (χ1v) is 6.24. The van der Waals surface area contributed by atoms with Crippen molar-refractivity contribution in [2.75, 3.05) is 11.4 Å². The standard InChI is InChI=1S/C14H20N2O/c1-10(2)15-14(17)16-9-11(3)8-12-6-4-5-7-13(12)16/h4-7,10-11H,8-9H2,1-3H3,(H,15,17). The first kappa shape index (κ1) is 12.0. The van der Waals surface area contributed by atoms with Crippen LogP contribution in [-0.4, -0.2) is 18.6 Å². The SMILES string of the molecule is CC1Cc2ccccc2N(C(=O)NC(C)C)C1. The number of anilines is 1. The maximum absolute atomic E-state index is 12.1. The summed E-state index contributed by atoms with van der Waals surface area (Å²) in [6, 6.07) is 8.35. The van der Waals surface area contributed by atoms with Gasteiger partial charge in [-0.05, 0) is 37.8 Å². The Kier molecular flexibility index (Phi) is 3.36. The Labute approximate surface area is 103 Å². The highest BCUT2D eigenvalue weighted by molar-refractivity contribution is 5.93. The number of carbonyl (C=O) groups is 1. The molecular formula is C14H20N2O. The fourth-order valence-corrected chi connectivity index (χ4v) is 2.31. The van der Waals surface area contributed by atoms with Crippen LogP contribution in [0, 0.1) is 5.92 Å². The van der Waals surface area contributed by atoms with Gasteiger partial charge in [-0.15, -0.1) is 0 Å². The zero-order valence-corrected chi connectivity index (χ0v) is 10.7. The van der Waals surface area contributed by atoms with E-state index in [1.165, 1.54) is 5.56 Å². The summed E-state index contributed by atoms with van der Waals surface area (Å²) in [7, 11) is 0. The minimum absolute atomic E-state index is 0.0130. The molecule has 1 aromatic rings. The second kappa shape index (κ2) is 4.78. The predicted octanol–water partition coefficient (Wildman–Crippen LogP) is 2.80. The Hall–Kier alpha value is -1.51. The van der Waals surface area contributed by atoms with E-state index >= 15 is 0 Å². The fraction of sp³-hybridized carbons (Fsp3) is 0.500. The number of carbonyl (C=O) groups excluding carboxylic acids is 1. The van der Waals surface area contributed by atoms with E-state index in [4.69, 9.17) is 0 Å². The number of amides is 2. The van der Waals surface area contributed by atoms with E-state index in [-0.39, 0.29) is 12.1 Å². The molecule has 1 atom stereocenters. The Morgan fingerprint density at radius 3 is 2.82 bits per heavy atom. The third-order valence-electron chi connectivity index (χ3n) is 3.00. The lowest BCUT2D eigenvalue weighted by Crippen LogP contribution is -2.47. The average Bonchev–Trinajstić information content (AvgIpc) is 2.26. The molecular weight excluding hydrogens is 212 g/mol. The number of hydrogen-bond donors (Lipinski definition) is 1. The maximum Gasteiger partial charge on any atom is 0.322 e. The van der Waals surface area contributed by atoms with Crippen molar-refractivity contribution in [3.8, 4) is 0 Å². The summed E-state index contributed by atoms with van der Waals surface area (Å²) in [4.78, 5) is 14.0. The monoisotopic (exact) mass is 232 g/mol. The van der Waals surface area contributed by atoms with Crippen molar-refractivity contribution in [2.45, 2.75) is 33.2 Å². The molecule has 1 heterocycles. The summed E-state index contributed by atoms with van der Waals surface area (Å²) in [5, 5.41) is 2.96. The van der Waals surface area contributed by atoms with Gasteiger partial charge in [-0.2, -0.15) is 0 Å². The van der Waals surface area contributed by atoms with Crippen LogP contribution in [0.2, 0.25) is 0 Å². The Morgan fingerprint density at radius 1 is 1.41 bits per heavy atom. The van der Waals surface area contributed by atoms with Crippen LogP contribution in [0.15, 0.2) is 24.3 Å². The topological polar surface area (TPSA) is 32.3 Å². The smallest absolute Gasteiger partial charge is 0.322 e. The van der Waals surface area contributed by atoms with E-state index < -0.39 is 0 Å². The van der Waals surface area contributed by atoms with Gasteiger partial charge in [0.2, 0.25) is 0 Å². The van der Waals surface area contributed by atoms with Crippen molar-refractivity contribution in [3.63, 3.8) is 0 Å². The van der Waals surface area contributed by atoms with E-state index in [9.17, 15) is 4.79 Å². The molecule has 0 aliphatic carbocycles. The molecule has 0 fully saturated rings. The summed E-state index contributed by atoms with van der Waals surface area (Å²) >= 11 is 0. The molecule has 0 bridgehead atoms. The molecule has 0 radical (unpaired) electrons. The number of para-hydroxylation sites is 1. The Balaban J connectivity index is 2.26. The number of nitrogens with one attached hydrogen (secondary N) is 1. The molecule has 0 saturated carbocycles. The lowest BCUT2D eigenvalue weighted by molar-refractivity contribution is 0.242. The largest absolute Gasteiger partial charge is 0.336 e. The van der Waals surface area contributed by atoms with Gasteiger partial charge >= 0.3 is 6.03 Å². The summed E-state index contributed by atoms with van der Waals surface area (Å²) in [6.45, 7) is 6.95. The van der Waals surface area contributed by atoms with Gasteiger partial charge < -0.3 is 5.32 Å². The molecule has 1 N–H and O–H groups in total. The molecule has 0 aromatic heterocycles. The lowest BCUT2D eigenvalue weighted by Gasteiger charge is -2.33. The van der Waals surface area contributed by atoms with E-state index in [1.807, 2.05) is 36.9 Å². The molecule has 3 heteroatoms. The van der Waals surface area contributed by atoms with Gasteiger partial charge in [-0.25, -0.2) is 4.79 Å². The van der Waals surface area contributed by atoms with Gasteiger partial charge in [-0.3, -0.25) is 4.90 Å². The second-order valence-electron chi connectivity index (χ2n) is 5.15. The Morgan fingerprint density at radius 2 is 2.12 bits per heavy atom. The molecule has 1 unspecified atom stereocenters. The van der Waals surface area contributed by atoms with Crippen LogP contribution >= 0.6 is 0 Å². The van der Waals surface area contributed by atoms with Crippen LogP contribution in [0.5, 0.6) is 0 Å². The third-order valence-corrected chi connectivity index (χ3v) is 3.00. The highest BCUT2D eigenvalue weighted by Gasteiger charge is 2.26. The van der Waals surface area contributed by atoms with Crippen LogP contribution < -0.4 is 10.2 Å². The van der Waals surface area contributed by atoms with Gasteiger partial charge in [0.05, 0.1) is 0 Å².